The number of carboxylic acid groups (broad SMARTS) is 1. The molecule has 0 aliphatic carbocycles. The van der Waals surface area contributed by atoms with E-state index in [0.29, 0.717) is 36.2 Å². The van der Waals surface area contributed by atoms with Gasteiger partial charge in [-0.25, -0.2) is 13.9 Å². The first-order valence-electron chi connectivity index (χ1n) is 9.13. The Bertz CT molecular complexity index is 977. The maximum absolute atomic E-state index is 13.8. The van der Waals surface area contributed by atoms with Crippen molar-refractivity contribution in [3.8, 4) is 5.69 Å². The predicted molar refractivity (Wildman–Crippen MR) is 102 cm³/mol. The Morgan fingerprint density at radius 3 is 2.72 bits per heavy atom. The van der Waals surface area contributed by atoms with Gasteiger partial charge in [-0.05, 0) is 37.5 Å². The van der Waals surface area contributed by atoms with E-state index in [0.717, 1.165) is 0 Å². The third kappa shape index (κ3) is 5.44. The number of halogens is 1. The van der Waals surface area contributed by atoms with Gasteiger partial charge in [0.15, 0.2) is 6.04 Å². The van der Waals surface area contributed by atoms with Crippen molar-refractivity contribution in [1.82, 2.24) is 25.3 Å². The molecule has 2 N–H and O–H groups in total. The van der Waals surface area contributed by atoms with Crippen molar-refractivity contribution in [1.29, 1.82) is 0 Å². The van der Waals surface area contributed by atoms with E-state index in [4.69, 9.17) is 0 Å². The Morgan fingerprint density at radius 2 is 2.00 bits per heavy atom. The van der Waals surface area contributed by atoms with Crippen molar-refractivity contribution in [2.45, 2.75) is 31.7 Å². The first kappa shape index (κ1) is 20.1. The van der Waals surface area contributed by atoms with Crippen molar-refractivity contribution in [3.05, 3.63) is 72.1 Å². The molecule has 0 radical (unpaired) electrons. The molecular formula is C20H20FN5O3. The second kappa shape index (κ2) is 9.54. The van der Waals surface area contributed by atoms with Gasteiger partial charge in [0, 0.05) is 24.4 Å². The molecule has 8 nitrogen and oxygen atoms in total. The third-order valence-electron chi connectivity index (χ3n) is 4.30. The van der Waals surface area contributed by atoms with E-state index in [2.05, 4.69) is 20.6 Å². The number of aromatic nitrogens is 4. The molecule has 0 saturated carbocycles. The van der Waals surface area contributed by atoms with Gasteiger partial charge in [-0.1, -0.05) is 23.4 Å². The van der Waals surface area contributed by atoms with Gasteiger partial charge in [0.25, 0.3) is 0 Å². The van der Waals surface area contributed by atoms with Gasteiger partial charge >= 0.3 is 5.97 Å². The van der Waals surface area contributed by atoms with Crippen LogP contribution in [0, 0.1) is 5.82 Å². The molecule has 0 aliphatic heterocycles. The molecule has 0 aliphatic rings. The summed E-state index contributed by atoms with van der Waals surface area (Å²) in [6.45, 7) is 0. The quantitative estimate of drug-likeness (QED) is 0.537. The highest BCUT2D eigenvalue weighted by Crippen LogP contribution is 2.14. The molecule has 2 heterocycles. The molecule has 2 aromatic heterocycles. The van der Waals surface area contributed by atoms with Gasteiger partial charge in [-0.2, -0.15) is 0 Å². The number of benzene rings is 1. The standard InChI is InChI=1S/C20H20FN5O3/c21-16-8-2-3-9-17(16)26-13-15(24-25-26)7-1-4-10-18(27)23-19(20(28)29)14-6-5-11-22-12-14/h2-3,5-6,8-9,11-13,19H,1,4,7,10H2,(H,23,27)(H,28,29). The molecule has 3 aromatic rings. The maximum atomic E-state index is 13.8. The zero-order valence-electron chi connectivity index (χ0n) is 15.5. The van der Waals surface area contributed by atoms with Crippen molar-refractivity contribution in [2.24, 2.45) is 0 Å². The Kier molecular flexibility index (Phi) is 6.62. The Labute approximate surface area is 166 Å². The number of carbonyl (C=O) groups excluding carboxylic acids is 1. The van der Waals surface area contributed by atoms with Crippen molar-refractivity contribution in [3.63, 3.8) is 0 Å². The summed E-state index contributed by atoms with van der Waals surface area (Å²) in [7, 11) is 0. The summed E-state index contributed by atoms with van der Waals surface area (Å²) >= 11 is 0. The fraction of sp³-hybridized carbons (Fsp3) is 0.250. The van der Waals surface area contributed by atoms with Crippen molar-refractivity contribution < 1.29 is 19.1 Å². The zero-order chi connectivity index (χ0) is 20.6. The van der Waals surface area contributed by atoms with E-state index < -0.39 is 12.0 Å². The van der Waals surface area contributed by atoms with Crippen LogP contribution < -0.4 is 5.32 Å². The number of carbonyl (C=O) groups is 2. The van der Waals surface area contributed by atoms with Crippen LogP contribution >= 0.6 is 0 Å². The fourth-order valence-corrected chi connectivity index (χ4v) is 2.83. The molecule has 1 aromatic carbocycles. The minimum absolute atomic E-state index is 0.186. The monoisotopic (exact) mass is 397 g/mol. The van der Waals surface area contributed by atoms with Crippen molar-refractivity contribution in [2.75, 3.05) is 0 Å². The molecule has 1 atom stereocenters. The predicted octanol–water partition coefficient (Wildman–Crippen LogP) is 2.46. The lowest BCUT2D eigenvalue weighted by Crippen LogP contribution is -2.33. The Hall–Kier alpha value is -3.62. The van der Waals surface area contributed by atoms with E-state index in [9.17, 15) is 19.1 Å². The van der Waals surface area contributed by atoms with Crippen LogP contribution in [0.1, 0.15) is 36.6 Å². The second-order valence-electron chi connectivity index (χ2n) is 6.44. The number of amides is 1. The number of hydrogen-bond donors (Lipinski definition) is 2. The number of para-hydroxylation sites is 1. The highest BCUT2D eigenvalue weighted by Gasteiger charge is 2.21. The topological polar surface area (TPSA) is 110 Å². The number of aliphatic carboxylic acids is 1. The molecule has 0 spiro atoms. The van der Waals surface area contributed by atoms with Gasteiger partial charge in [0.05, 0.1) is 11.9 Å². The SMILES string of the molecule is O=C(CCCCc1cn(-c2ccccc2F)nn1)NC(C(=O)O)c1cccnc1. The second-order valence-corrected chi connectivity index (χ2v) is 6.44. The summed E-state index contributed by atoms with van der Waals surface area (Å²) in [4.78, 5) is 27.4. The number of pyridine rings is 1. The van der Waals surface area contributed by atoms with Crippen LogP contribution in [0.4, 0.5) is 4.39 Å². The summed E-state index contributed by atoms with van der Waals surface area (Å²) in [6, 6.07) is 8.37. The van der Waals surface area contributed by atoms with Gasteiger partial charge in [0.1, 0.15) is 11.5 Å². The molecule has 1 amide bonds. The van der Waals surface area contributed by atoms with Crippen molar-refractivity contribution >= 4 is 11.9 Å². The molecule has 1 unspecified atom stereocenters. The lowest BCUT2D eigenvalue weighted by Gasteiger charge is -2.14. The van der Waals surface area contributed by atoms with Crippen LogP contribution in [0.3, 0.4) is 0 Å². The van der Waals surface area contributed by atoms with Crippen LogP contribution in [0.25, 0.3) is 5.69 Å². The number of carboxylic acids is 1. The normalized spacial score (nSPS) is 11.8. The first-order valence-corrected chi connectivity index (χ1v) is 9.13. The van der Waals surface area contributed by atoms with Gasteiger partial charge in [-0.3, -0.25) is 9.78 Å². The number of nitrogens with one attached hydrogen (secondary N) is 1. The van der Waals surface area contributed by atoms with Crippen LogP contribution in [0.15, 0.2) is 55.0 Å². The highest BCUT2D eigenvalue weighted by molar-refractivity contribution is 5.84. The van der Waals surface area contributed by atoms with E-state index in [1.165, 1.54) is 23.1 Å². The molecule has 0 saturated heterocycles. The largest absolute Gasteiger partial charge is 0.479 e. The fourth-order valence-electron chi connectivity index (χ4n) is 2.83. The summed E-state index contributed by atoms with van der Waals surface area (Å²) in [5, 5.41) is 19.8. The van der Waals surface area contributed by atoms with Crippen LogP contribution in [-0.4, -0.2) is 37.0 Å². The van der Waals surface area contributed by atoms with Crippen LogP contribution in [-0.2, 0) is 16.0 Å². The first-order chi connectivity index (χ1) is 14.0. The highest BCUT2D eigenvalue weighted by atomic mass is 19.1. The Morgan fingerprint density at radius 1 is 1.17 bits per heavy atom. The number of rotatable bonds is 9. The van der Waals surface area contributed by atoms with Gasteiger partial charge in [-0.15, -0.1) is 5.10 Å². The molecule has 0 bridgehead atoms. The van der Waals surface area contributed by atoms with E-state index in [1.807, 2.05) is 0 Å². The molecule has 3 rings (SSSR count). The molecule has 29 heavy (non-hydrogen) atoms. The maximum Gasteiger partial charge on any atom is 0.330 e. The summed E-state index contributed by atoms with van der Waals surface area (Å²) in [5.41, 5.74) is 1.42. The molecular weight excluding hydrogens is 377 g/mol. The van der Waals surface area contributed by atoms with Crippen LogP contribution in [0.2, 0.25) is 0 Å². The van der Waals surface area contributed by atoms with E-state index in [-0.39, 0.29) is 18.1 Å². The van der Waals surface area contributed by atoms with E-state index in [1.54, 1.807) is 36.5 Å². The number of hydrogen-bond acceptors (Lipinski definition) is 5. The zero-order valence-corrected chi connectivity index (χ0v) is 15.5. The smallest absolute Gasteiger partial charge is 0.330 e. The average Bonchev–Trinajstić information content (AvgIpc) is 3.19. The number of aryl methyl sites for hydroxylation is 1. The third-order valence-corrected chi connectivity index (χ3v) is 4.30. The molecule has 150 valence electrons. The van der Waals surface area contributed by atoms with Gasteiger partial charge in [0.2, 0.25) is 5.91 Å². The molecule has 9 heteroatoms. The average molecular weight is 397 g/mol. The lowest BCUT2D eigenvalue weighted by atomic mass is 10.1. The number of nitrogens with zero attached hydrogens (tertiary/aromatic N) is 4. The summed E-state index contributed by atoms with van der Waals surface area (Å²) in [5.74, 6) is -1.88. The summed E-state index contributed by atoms with van der Waals surface area (Å²) in [6.07, 6.45) is 6.58. The summed E-state index contributed by atoms with van der Waals surface area (Å²) < 4.78 is 15.2. The molecule has 0 fully saturated rings. The van der Waals surface area contributed by atoms with Crippen LogP contribution in [0.5, 0.6) is 0 Å². The number of unbranched alkanes of at least 4 members (excludes halogenated alkanes) is 1. The minimum atomic E-state index is -1.14. The Balaban J connectivity index is 1.46. The van der Waals surface area contributed by atoms with E-state index >= 15 is 0 Å². The minimum Gasteiger partial charge on any atom is -0.479 e. The lowest BCUT2D eigenvalue weighted by molar-refractivity contribution is -0.142. The van der Waals surface area contributed by atoms with Gasteiger partial charge < -0.3 is 10.4 Å².